The Balaban J connectivity index is 1.34. The van der Waals surface area contributed by atoms with E-state index in [9.17, 15) is 14.4 Å². The number of ether oxygens (including phenoxy) is 1. The summed E-state index contributed by atoms with van der Waals surface area (Å²) >= 11 is 0. The van der Waals surface area contributed by atoms with E-state index >= 15 is 0 Å². The Hall–Kier alpha value is -3.35. The molecule has 2 aromatic carbocycles. The van der Waals surface area contributed by atoms with E-state index in [-0.39, 0.29) is 36.8 Å². The fraction of sp³-hybridized carbons (Fsp3) is 0.464. The Labute approximate surface area is 206 Å². The number of carbonyl (C=O) groups is 3. The SMILES string of the molecule is CCCCC(NC(=O)OCC1c2ccccc2-c2ccccc21)C(=O)N[C@@H]1CC[C@H](CC(=O)O)C1. The highest BCUT2D eigenvalue weighted by atomic mass is 16.5. The number of carboxylic acid groups (broad SMARTS) is 1. The Morgan fingerprint density at radius 1 is 1.03 bits per heavy atom. The lowest BCUT2D eigenvalue weighted by molar-refractivity contribution is -0.138. The lowest BCUT2D eigenvalue weighted by Crippen LogP contribution is -2.49. The molecule has 0 bridgehead atoms. The summed E-state index contributed by atoms with van der Waals surface area (Å²) < 4.78 is 5.64. The highest BCUT2D eigenvalue weighted by Gasteiger charge is 2.31. The van der Waals surface area contributed by atoms with Crippen LogP contribution < -0.4 is 10.6 Å². The van der Waals surface area contributed by atoms with Gasteiger partial charge >= 0.3 is 12.1 Å². The molecule has 0 radical (unpaired) electrons. The first-order chi connectivity index (χ1) is 17.0. The van der Waals surface area contributed by atoms with Crippen molar-refractivity contribution in [1.82, 2.24) is 10.6 Å². The molecule has 0 aromatic heterocycles. The van der Waals surface area contributed by atoms with Crippen molar-refractivity contribution in [2.45, 2.75) is 69.9 Å². The van der Waals surface area contributed by atoms with Crippen molar-refractivity contribution in [3.05, 3.63) is 59.7 Å². The number of benzene rings is 2. The Kier molecular flexibility index (Phi) is 8.06. The molecule has 1 fully saturated rings. The number of carbonyl (C=O) groups excluding carboxylic acids is 2. The number of unbranched alkanes of at least 4 members (excludes halogenated alkanes) is 1. The third-order valence-electron chi connectivity index (χ3n) is 7.15. The van der Waals surface area contributed by atoms with Crippen LogP contribution in [0.5, 0.6) is 0 Å². The van der Waals surface area contributed by atoms with Crippen molar-refractivity contribution in [2.75, 3.05) is 6.61 Å². The smallest absolute Gasteiger partial charge is 0.407 e. The number of fused-ring (bicyclic) bond motifs is 3. The molecule has 1 unspecified atom stereocenters. The van der Waals surface area contributed by atoms with Crippen LogP contribution in [0.2, 0.25) is 0 Å². The number of carboxylic acids is 1. The summed E-state index contributed by atoms with van der Waals surface area (Å²) in [6.45, 7) is 2.23. The third-order valence-corrected chi connectivity index (χ3v) is 7.15. The molecular formula is C28H34N2O5. The fourth-order valence-corrected chi connectivity index (χ4v) is 5.40. The Morgan fingerprint density at radius 3 is 2.31 bits per heavy atom. The topological polar surface area (TPSA) is 105 Å². The van der Waals surface area contributed by atoms with Gasteiger partial charge in [-0.15, -0.1) is 0 Å². The summed E-state index contributed by atoms with van der Waals surface area (Å²) in [5.74, 6) is -0.990. The van der Waals surface area contributed by atoms with E-state index in [1.165, 1.54) is 0 Å². The van der Waals surface area contributed by atoms with Crippen molar-refractivity contribution in [3.63, 3.8) is 0 Å². The molecular weight excluding hydrogens is 444 g/mol. The van der Waals surface area contributed by atoms with Gasteiger partial charge in [-0.05, 0) is 53.9 Å². The van der Waals surface area contributed by atoms with E-state index in [2.05, 4.69) is 34.9 Å². The fourth-order valence-electron chi connectivity index (χ4n) is 5.40. The molecule has 2 aromatic rings. The standard InChI is InChI=1S/C28H34N2O5/c1-2-3-12-25(27(33)29-19-14-13-18(15-19)16-26(31)32)30-28(34)35-17-24-22-10-6-4-8-20(22)21-9-5-7-11-23(21)24/h4-11,18-19,24-25H,2-3,12-17H2,1H3,(H,29,33)(H,30,34)(H,31,32)/t18-,19+,25?/m0/s1. The predicted molar refractivity (Wildman–Crippen MR) is 133 cm³/mol. The summed E-state index contributed by atoms with van der Waals surface area (Å²) in [5.41, 5.74) is 4.60. The van der Waals surface area contributed by atoms with Crippen molar-refractivity contribution >= 4 is 18.0 Å². The van der Waals surface area contributed by atoms with Gasteiger partial charge in [0.25, 0.3) is 0 Å². The minimum Gasteiger partial charge on any atom is -0.481 e. The maximum atomic E-state index is 13.0. The second-order valence-electron chi connectivity index (χ2n) is 9.65. The van der Waals surface area contributed by atoms with E-state index in [0.29, 0.717) is 12.8 Å². The van der Waals surface area contributed by atoms with Gasteiger partial charge in [-0.3, -0.25) is 9.59 Å². The first-order valence-corrected chi connectivity index (χ1v) is 12.6. The van der Waals surface area contributed by atoms with Gasteiger partial charge in [0.1, 0.15) is 12.6 Å². The first-order valence-electron chi connectivity index (χ1n) is 12.6. The molecule has 2 aliphatic rings. The number of amides is 2. The van der Waals surface area contributed by atoms with Crippen LogP contribution in [0.1, 0.15) is 68.9 Å². The van der Waals surface area contributed by atoms with Gasteiger partial charge in [0.2, 0.25) is 5.91 Å². The average molecular weight is 479 g/mol. The van der Waals surface area contributed by atoms with Gasteiger partial charge < -0.3 is 20.5 Å². The van der Waals surface area contributed by atoms with Crippen LogP contribution in [0.3, 0.4) is 0 Å². The molecule has 4 rings (SSSR count). The molecule has 7 heteroatoms. The van der Waals surface area contributed by atoms with Crippen LogP contribution in [0, 0.1) is 5.92 Å². The number of hydrogen-bond acceptors (Lipinski definition) is 4. The normalized spacial score (nSPS) is 19.5. The monoisotopic (exact) mass is 478 g/mol. The molecule has 0 spiro atoms. The molecule has 1 saturated carbocycles. The highest BCUT2D eigenvalue weighted by molar-refractivity contribution is 5.86. The van der Waals surface area contributed by atoms with Crippen molar-refractivity contribution in [2.24, 2.45) is 5.92 Å². The number of rotatable bonds is 10. The number of hydrogen-bond donors (Lipinski definition) is 3. The maximum Gasteiger partial charge on any atom is 0.407 e. The van der Waals surface area contributed by atoms with Crippen molar-refractivity contribution in [3.8, 4) is 11.1 Å². The molecule has 3 atom stereocenters. The molecule has 0 aliphatic heterocycles. The van der Waals surface area contributed by atoms with E-state index in [0.717, 1.165) is 47.9 Å². The largest absolute Gasteiger partial charge is 0.481 e. The van der Waals surface area contributed by atoms with Crippen molar-refractivity contribution < 1.29 is 24.2 Å². The highest BCUT2D eigenvalue weighted by Crippen LogP contribution is 2.44. The number of aliphatic carboxylic acids is 1. The van der Waals surface area contributed by atoms with Gasteiger partial charge in [-0.1, -0.05) is 68.3 Å². The van der Waals surface area contributed by atoms with E-state index in [1.54, 1.807) is 0 Å². The summed E-state index contributed by atoms with van der Waals surface area (Å²) in [4.78, 5) is 36.7. The summed E-state index contributed by atoms with van der Waals surface area (Å²) in [6, 6.07) is 15.6. The molecule has 0 heterocycles. The zero-order valence-corrected chi connectivity index (χ0v) is 20.2. The zero-order chi connectivity index (χ0) is 24.8. The van der Waals surface area contributed by atoms with E-state index < -0.39 is 18.1 Å². The maximum absolute atomic E-state index is 13.0. The van der Waals surface area contributed by atoms with Crippen LogP contribution in [0.15, 0.2) is 48.5 Å². The molecule has 35 heavy (non-hydrogen) atoms. The quantitative estimate of drug-likeness (QED) is 0.453. The minimum absolute atomic E-state index is 0.0410. The molecule has 2 aliphatic carbocycles. The van der Waals surface area contributed by atoms with Crippen LogP contribution >= 0.6 is 0 Å². The second kappa shape index (κ2) is 11.4. The lowest BCUT2D eigenvalue weighted by Gasteiger charge is -2.22. The summed E-state index contributed by atoms with van der Waals surface area (Å²) in [5, 5.41) is 14.8. The summed E-state index contributed by atoms with van der Waals surface area (Å²) in [6.07, 6.45) is 3.96. The zero-order valence-electron chi connectivity index (χ0n) is 20.2. The summed E-state index contributed by atoms with van der Waals surface area (Å²) in [7, 11) is 0. The Morgan fingerprint density at radius 2 is 1.69 bits per heavy atom. The first kappa shape index (κ1) is 24.8. The van der Waals surface area contributed by atoms with Crippen LogP contribution in [-0.2, 0) is 14.3 Å². The van der Waals surface area contributed by atoms with Gasteiger partial charge in [0.05, 0.1) is 0 Å². The molecule has 2 amide bonds. The molecule has 186 valence electrons. The predicted octanol–water partition coefficient (Wildman–Crippen LogP) is 4.84. The van der Waals surface area contributed by atoms with Gasteiger partial charge in [-0.25, -0.2) is 4.79 Å². The third kappa shape index (κ3) is 6.02. The van der Waals surface area contributed by atoms with Gasteiger partial charge in [-0.2, -0.15) is 0 Å². The van der Waals surface area contributed by atoms with Crippen LogP contribution in [0.4, 0.5) is 4.79 Å². The number of nitrogens with one attached hydrogen (secondary N) is 2. The van der Waals surface area contributed by atoms with Crippen LogP contribution in [-0.4, -0.2) is 41.8 Å². The average Bonchev–Trinajstić information content (AvgIpc) is 3.41. The molecule has 7 nitrogen and oxygen atoms in total. The van der Waals surface area contributed by atoms with Gasteiger partial charge in [0, 0.05) is 18.4 Å². The number of alkyl carbamates (subject to hydrolysis) is 1. The lowest BCUT2D eigenvalue weighted by atomic mass is 9.98. The molecule has 3 N–H and O–H groups in total. The Bertz CT molecular complexity index is 1020. The van der Waals surface area contributed by atoms with E-state index in [1.807, 2.05) is 31.2 Å². The van der Waals surface area contributed by atoms with Crippen LogP contribution in [0.25, 0.3) is 11.1 Å². The van der Waals surface area contributed by atoms with Crippen molar-refractivity contribution in [1.29, 1.82) is 0 Å². The minimum atomic E-state index is -0.806. The van der Waals surface area contributed by atoms with Gasteiger partial charge in [0.15, 0.2) is 0 Å². The second-order valence-corrected chi connectivity index (χ2v) is 9.65. The molecule has 0 saturated heterocycles. The van der Waals surface area contributed by atoms with E-state index in [4.69, 9.17) is 9.84 Å².